The molecule has 0 atom stereocenters. The Kier molecular flexibility index (Phi) is 5.83. The summed E-state index contributed by atoms with van der Waals surface area (Å²) in [5.41, 5.74) is 0.287. The minimum absolute atomic E-state index is 0.287. The van der Waals surface area contributed by atoms with Crippen molar-refractivity contribution >= 4 is 27.7 Å². The largest absolute Gasteiger partial charge is 0.300 e. The molecule has 1 nitrogen and oxygen atoms in total. The maximum atomic E-state index is 3.51. The van der Waals surface area contributed by atoms with Gasteiger partial charge in [-0.1, -0.05) is 15.9 Å². The minimum Gasteiger partial charge on any atom is -0.300 e. The molecule has 0 unspecified atom stereocenters. The van der Waals surface area contributed by atoms with E-state index in [9.17, 15) is 0 Å². The second kappa shape index (κ2) is 5.44. The fourth-order valence-electron chi connectivity index (χ4n) is 0.633. The Morgan fingerprint density at radius 1 is 1.45 bits per heavy atom. The lowest BCUT2D eigenvalue weighted by atomic mass is 10.1. The Morgan fingerprint density at radius 2 is 2.00 bits per heavy atom. The summed E-state index contributed by atoms with van der Waals surface area (Å²) in [5, 5.41) is 1.03. The number of hydrogen-bond donors (Lipinski definition) is 0. The normalized spacial score (nSPS) is 12.5. The van der Waals surface area contributed by atoms with E-state index in [-0.39, 0.29) is 5.54 Å². The van der Waals surface area contributed by atoms with Crippen LogP contribution in [0.25, 0.3) is 0 Å². The predicted molar refractivity (Wildman–Crippen MR) is 58.9 cm³/mol. The molecule has 0 aromatic heterocycles. The van der Waals surface area contributed by atoms with E-state index < -0.39 is 0 Å². The molecule has 0 aliphatic carbocycles. The summed E-state index contributed by atoms with van der Waals surface area (Å²) < 4.78 is 0. The molecule has 0 N–H and O–H groups in total. The second-order valence-corrected chi connectivity index (χ2v) is 4.91. The molecule has 0 bridgehead atoms. The van der Waals surface area contributed by atoms with Crippen LogP contribution in [-0.2, 0) is 0 Å². The van der Waals surface area contributed by atoms with Gasteiger partial charge < -0.3 is 0 Å². The molecule has 0 aliphatic heterocycles. The van der Waals surface area contributed by atoms with Crippen molar-refractivity contribution in [3.63, 3.8) is 0 Å². The number of alkyl halides is 1. The third-order valence-corrected chi connectivity index (χ3v) is 3.95. The van der Waals surface area contributed by atoms with Crippen molar-refractivity contribution < 1.29 is 0 Å². The van der Waals surface area contributed by atoms with Crippen LogP contribution >= 0.6 is 27.7 Å². The smallest absolute Gasteiger partial charge is 0.0247 e. The highest BCUT2D eigenvalue weighted by Crippen LogP contribution is 2.15. The quantitative estimate of drug-likeness (QED) is 0.679. The fraction of sp³-hybridized carbons (Fsp3) is 1.00. The first-order valence-corrected chi connectivity index (χ1v) is 6.32. The molecule has 0 saturated heterocycles. The standard InChI is InChI=1S/C8H18BrNS/c1-8(2,7-9)10(3)5-6-11-4/h5-7H2,1-4H3. The van der Waals surface area contributed by atoms with E-state index in [0.29, 0.717) is 0 Å². The van der Waals surface area contributed by atoms with Gasteiger partial charge in [-0.3, -0.25) is 4.90 Å². The predicted octanol–water partition coefficient (Wildman–Crippen LogP) is 2.45. The van der Waals surface area contributed by atoms with Crippen LogP contribution in [0.15, 0.2) is 0 Å². The van der Waals surface area contributed by atoms with E-state index in [0.717, 1.165) is 5.33 Å². The molecule has 0 heterocycles. The molecular formula is C8H18BrNS. The summed E-state index contributed by atoms with van der Waals surface area (Å²) in [5.74, 6) is 1.22. The van der Waals surface area contributed by atoms with Gasteiger partial charge in [0.05, 0.1) is 0 Å². The molecule has 0 aromatic carbocycles. The molecule has 0 rings (SSSR count). The lowest BCUT2D eigenvalue weighted by molar-refractivity contribution is 0.193. The first-order valence-electron chi connectivity index (χ1n) is 3.80. The Labute approximate surface area is 83.0 Å². The van der Waals surface area contributed by atoms with Gasteiger partial charge >= 0.3 is 0 Å². The van der Waals surface area contributed by atoms with Crippen LogP contribution in [0.3, 0.4) is 0 Å². The maximum Gasteiger partial charge on any atom is 0.0247 e. The van der Waals surface area contributed by atoms with Gasteiger partial charge in [0.2, 0.25) is 0 Å². The van der Waals surface area contributed by atoms with Crippen molar-refractivity contribution in [2.24, 2.45) is 0 Å². The number of thioether (sulfide) groups is 1. The monoisotopic (exact) mass is 239 g/mol. The number of hydrogen-bond acceptors (Lipinski definition) is 2. The van der Waals surface area contributed by atoms with Crippen molar-refractivity contribution in [1.29, 1.82) is 0 Å². The zero-order chi connectivity index (χ0) is 8.91. The highest BCUT2D eigenvalue weighted by atomic mass is 79.9. The van der Waals surface area contributed by atoms with E-state index in [4.69, 9.17) is 0 Å². The first-order chi connectivity index (χ1) is 5.04. The molecule has 0 amide bonds. The molecule has 0 spiro atoms. The molecule has 0 fully saturated rings. The van der Waals surface area contributed by atoms with Gasteiger partial charge in [0.15, 0.2) is 0 Å². The third kappa shape index (κ3) is 4.38. The number of halogens is 1. The minimum atomic E-state index is 0.287. The topological polar surface area (TPSA) is 3.24 Å². The van der Waals surface area contributed by atoms with E-state index >= 15 is 0 Å². The van der Waals surface area contributed by atoms with Crippen LogP contribution in [-0.4, -0.2) is 41.4 Å². The second-order valence-electron chi connectivity index (χ2n) is 3.36. The highest BCUT2D eigenvalue weighted by Gasteiger charge is 2.20. The zero-order valence-corrected chi connectivity index (χ0v) is 10.3. The third-order valence-electron chi connectivity index (χ3n) is 1.99. The summed E-state index contributed by atoms with van der Waals surface area (Å²) in [7, 11) is 2.18. The molecule has 11 heavy (non-hydrogen) atoms. The van der Waals surface area contributed by atoms with Gasteiger partial charge in [0, 0.05) is 23.2 Å². The van der Waals surface area contributed by atoms with Crippen molar-refractivity contribution in [2.45, 2.75) is 19.4 Å². The number of rotatable bonds is 5. The lowest BCUT2D eigenvalue weighted by Gasteiger charge is -2.33. The molecule has 0 radical (unpaired) electrons. The van der Waals surface area contributed by atoms with Gasteiger partial charge in [-0.25, -0.2) is 0 Å². The summed E-state index contributed by atoms with van der Waals surface area (Å²) >= 11 is 5.41. The molecular weight excluding hydrogens is 222 g/mol. The maximum absolute atomic E-state index is 3.51. The van der Waals surface area contributed by atoms with Crippen LogP contribution in [0, 0.1) is 0 Å². The zero-order valence-electron chi connectivity index (χ0n) is 7.85. The number of nitrogens with zero attached hydrogens (tertiary/aromatic N) is 1. The van der Waals surface area contributed by atoms with Crippen LogP contribution in [0.5, 0.6) is 0 Å². The Morgan fingerprint density at radius 3 is 2.36 bits per heavy atom. The molecule has 0 saturated carbocycles. The van der Waals surface area contributed by atoms with Crippen LogP contribution in [0.2, 0.25) is 0 Å². The SMILES string of the molecule is CSCCN(C)C(C)(C)CBr. The van der Waals surface area contributed by atoms with Crippen molar-refractivity contribution in [3.8, 4) is 0 Å². The van der Waals surface area contributed by atoms with Gasteiger partial charge in [0.25, 0.3) is 0 Å². The summed E-state index contributed by atoms with van der Waals surface area (Å²) in [6.45, 7) is 5.67. The van der Waals surface area contributed by atoms with E-state index in [1.807, 2.05) is 11.8 Å². The fourth-order valence-corrected chi connectivity index (χ4v) is 1.52. The Hall–Kier alpha value is 0.790. The average Bonchev–Trinajstić information content (AvgIpc) is 2.00. The van der Waals surface area contributed by atoms with Crippen LogP contribution in [0.4, 0.5) is 0 Å². The molecule has 0 aliphatic rings. The molecule has 68 valence electrons. The van der Waals surface area contributed by atoms with Crippen molar-refractivity contribution in [2.75, 3.05) is 30.9 Å². The Balaban J connectivity index is 3.71. The van der Waals surface area contributed by atoms with E-state index in [1.54, 1.807) is 0 Å². The van der Waals surface area contributed by atoms with Gasteiger partial charge in [-0.15, -0.1) is 0 Å². The van der Waals surface area contributed by atoms with Gasteiger partial charge in [-0.05, 0) is 27.2 Å². The summed E-state index contributed by atoms with van der Waals surface area (Å²) in [4.78, 5) is 2.39. The Bertz CT molecular complexity index is 106. The van der Waals surface area contributed by atoms with E-state index in [1.165, 1.54) is 12.3 Å². The lowest BCUT2D eigenvalue weighted by Crippen LogP contribution is -2.43. The van der Waals surface area contributed by atoms with Gasteiger partial charge in [-0.2, -0.15) is 11.8 Å². The highest BCUT2D eigenvalue weighted by molar-refractivity contribution is 9.09. The van der Waals surface area contributed by atoms with Crippen molar-refractivity contribution in [1.82, 2.24) is 4.90 Å². The average molecular weight is 240 g/mol. The van der Waals surface area contributed by atoms with Crippen LogP contribution < -0.4 is 0 Å². The molecule has 3 heteroatoms. The summed E-state index contributed by atoms with van der Waals surface area (Å²) in [6, 6.07) is 0. The van der Waals surface area contributed by atoms with E-state index in [2.05, 4.69) is 48.0 Å². The summed E-state index contributed by atoms with van der Waals surface area (Å²) in [6.07, 6.45) is 2.15. The van der Waals surface area contributed by atoms with Crippen molar-refractivity contribution in [3.05, 3.63) is 0 Å². The van der Waals surface area contributed by atoms with Gasteiger partial charge in [0.1, 0.15) is 0 Å². The molecule has 0 aromatic rings. The van der Waals surface area contributed by atoms with Crippen LogP contribution in [0.1, 0.15) is 13.8 Å². The first kappa shape index (κ1) is 11.8.